The number of nitrogens with one attached hydrogen (secondary N) is 2. The summed E-state index contributed by atoms with van der Waals surface area (Å²) in [4.78, 5) is 23.2. The molecule has 1 aliphatic rings. The van der Waals surface area contributed by atoms with Crippen LogP contribution >= 0.6 is 0 Å². The molecule has 1 amide bonds. The minimum absolute atomic E-state index is 0.228. The minimum Gasteiger partial charge on any atom is -0.493 e. The van der Waals surface area contributed by atoms with Gasteiger partial charge in [0.15, 0.2) is 11.5 Å². The molecule has 1 aliphatic heterocycles. The van der Waals surface area contributed by atoms with Crippen LogP contribution in [-0.2, 0) is 4.74 Å². The zero-order valence-corrected chi connectivity index (χ0v) is 16.1. The lowest BCUT2D eigenvalue weighted by Crippen LogP contribution is -2.36. The fraction of sp³-hybridized carbons (Fsp3) is 0.421. The quantitative estimate of drug-likeness (QED) is 0.652. The highest BCUT2D eigenvalue weighted by atomic mass is 16.5. The second-order valence-electron chi connectivity index (χ2n) is 6.08. The molecule has 0 unspecified atom stereocenters. The molecule has 28 heavy (non-hydrogen) atoms. The highest BCUT2D eigenvalue weighted by Crippen LogP contribution is 2.30. The Morgan fingerprint density at radius 3 is 2.75 bits per heavy atom. The van der Waals surface area contributed by atoms with E-state index in [-0.39, 0.29) is 5.91 Å². The summed E-state index contributed by atoms with van der Waals surface area (Å²) in [7, 11) is 3.05. The van der Waals surface area contributed by atoms with E-state index in [2.05, 4.69) is 25.5 Å². The number of carbonyl (C=O) groups excluding carboxylic acids is 1. The SMILES string of the molecule is COc1cccc(C(=O)NCCNc2cc(N3CCOCC3)ncn2)c1OC. The van der Waals surface area contributed by atoms with Gasteiger partial charge in [0.05, 0.1) is 33.0 Å². The summed E-state index contributed by atoms with van der Waals surface area (Å²) in [5, 5.41) is 6.07. The summed E-state index contributed by atoms with van der Waals surface area (Å²) in [5.74, 6) is 2.29. The second-order valence-corrected chi connectivity index (χ2v) is 6.08. The van der Waals surface area contributed by atoms with Crippen LogP contribution in [-0.4, -0.2) is 69.5 Å². The molecule has 0 aliphatic carbocycles. The third-order valence-corrected chi connectivity index (χ3v) is 4.35. The summed E-state index contributed by atoms with van der Waals surface area (Å²) < 4.78 is 15.9. The van der Waals surface area contributed by atoms with Crippen LogP contribution in [0.1, 0.15) is 10.4 Å². The molecule has 2 aromatic rings. The molecule has 0 saturated carbocycles. The van der Waals surface area contributed by atoms with Gasteiger partial charge in [-0.2, -0.15) is 0 Å². The Morgan fingerprint density at radius 2 is 2.00 bits per heavy atom. The average Bonchev–Trinajstić information content (AvgIpc) is 2.76. The van der Waals surface area contributed by atoms with Crippen LogP contribution in [0.15, 0.2) is 30.6 Å². The monoisotopic (exact) mass is 387 g/mol. The van der Waals surface area contributed by atoms with Gasteiger partial charge in [0.25, 0.3) is 5.91 Å². The third kappa shape index (κ3) is 4.80. The normalized spacial score (nSPS) is 13.7. The number of benzene rings is 1. The molecular formula is C19H25N5O4. The van der Waals surface area contributed by atoms with Crippen molar-refractivity contribution in [3.8, 4) is 11.5 Å². The van der Waals surface area contributed by atoms with E-state index in [1.165, 1.54) is 20.5 Å². The lowest BCUT2D eigenvalue weighted by molar-refractivity contribution is 0.0951. The van der Waals surface area contributed by atoms with Crippen molar-refractivity contribution in [3.05, 3.63) is 36.2 Å². The van der Waals surface area contributed by atoms with Gasteiger partial charge in [-0.3, -0.25) is 4.79 Å². The molecule has 0 radical (unpaired) electrons. The molecule has 1 saturated heterocycles. The lowest BCUT2D eigenvalue weighted by Gasteiger charge is -2.27. The van der Waals surface area contributed by atoms with Gasteiger partial charge in [0.1, 0.15) is 18.0 Å². The number of morpholine rings is 1. The Labute approximate surface area is 164 Å². The number of carbonyl (C=O) groups is 1. The number of nitrogens with zero attached hydrogens (tertiary/aromatic N) is 3. The van der Waals surface area contributed by atoms with Crippen molar-refractivity contribution in [2.45, 2.75) is 0 Å². The zero-order valence-electron chi connectivity index (χ0n) is 16.1. The molecule has 150 valence electrons. The van der Waals surface area contributed by atoms with E-state index in [0.717, 1.165) is 18.9 Å². The number of ether oxygens (including phenoxy) is 3. The van der Waals surface area contributed by atoms with E-state index in [0.29, 0.717) is 49.2 Å². The van der Waals surface area contributed by atoms with Crippen LogP contribution in [0, 0.1) is 0 Å². The molecule has 9 heteroatoms. The van der Waals surface area contributed by atoms with Crippen molar-refractivity contribution in [2.75, 3.05) is 63.8 Å². The number of hydrogen-bond donors (Lipinski definition) is 2. The first kappa shape index (κ1) is 19.7. The second kappa shape index (κ2) is 9.75. The first-order valence-electron chi connectivity index (χ1n) is 9.10. The molecule has 2 heterocycles. The third-order valence-electron chi connectivity index (χ3n) is 4.35. The van der Waals surface area contributed by atoms with Gasteiger partial charge in [-0.1, -0.05) is 6.07 Å². The molecule has 2 N–H and O–H groups in total. The predicted molar refractivity (Wildman–Crippen MR) is 105 cm³/mol. The van der Waals surface area contributed by atoms with Crippen molar-refractivity contribution in [1.82, 2.24) is 15.3 Å². The molecule has 3 rings (SSSR count). The van der Waals surface area contributed by atoms with Crippen molar-refractivity contribution in [3.63, 3.8) is 0 Å². The van der Waals surface area contributed by atoms with E-state index in [4.69, 9.17) is 14.2 Å². The molecule has 0 bridgehead atoms. The fourth-order valence-electron chi connectivity index (χ4n) is 2.94. The maximum Gasteiger partial charge on any atom is 0.255 e. The molecule has 9 nitrogen and oxygen atoms in total. The van der Waals surface area contributed by atoms with Gasteiger partial charge in [0, 0.05) is 32.2 Å². The van der Waals surface area contributed by atoms with E-state index in [1.807, 2.05) is 6.07 Å². The zero-order chi connectivity index (χ0) is 19.8. The summed E-state index contributed by atoms with van der Waals surface area (Å²) in [6, 6.07) is 7.10. The number of para-hydroxylation sites is 1. The van der Waals surface area contributed by atoms with Gasteiger partial charge in [-0.15, -0.1) is 0 Å². The Kier molecular flexibility index (Phi) is 6.85. The lowest BCUT2D eigenvalue weighted by atomic mass is 10.1. The topological polar surface area (TPSA) is 97.8 Å². The maximum atomic E-state index is 12.4. The van der Waals surface area contributed by atoms with Crippen LogP contribution in [0.5, 0.6) is 11.5 Å². The largest absolute Gasteiger partial charge is 0.493 e. The Morgan fingerprint density at radius 1 is 1.18 bits per heavy atom. The Balaban J connectivity index is 1.51. The molecule has 1 fully saturated rings. The van der Waals surface area contributed by atoms with E-state index < -0.39 is 0 Å². The number of amides is 1. The van der Waals surface area contributed by atoms with E-state index >= 15 is 0 Å². The number of rotatable bonds is 8. The van der Waals surface area contributed by atoms with Gasteiger partial charge >= 0.3 is 0 Å². The Bertz CT molecular complexity index is 796. The summed E-state index contributed by atoms with van der Waals surface area (Å²) in [6.07, 6.45) is 1.53. The summed E-state index contributed by atoms with van der Waals surface area (Å²) in [6.45, 7) is 3.98. The number of methoxy groups -OCH3 is 2. The van der Waals surface area contributed by atoms with E-state index in [9.17, 15) is 4.79 Å². The highest BCUT2D eigenvalue weighted by molar-refractivity contribution is 5.97. The smallest absolute Gasteiger partial charge is 0.255 e. The molecule has 1 aromatic heterocycles. The minimum atomic E-state index is -0.228. The molecule has 0 atom stereocenters. The van der Waals surface area contributed by atoms with Crippen molar-refractivity contribution < 1.29 is 19.0 Å². The van der Waals surface area contributed by atoms with Crippen LogP contribution in [0.4, 0.5) is 11.6 Å². The fourth-order valence-corrected chi connectivity index (χ4v) is 2.94. The summed E-state index contributed by atoms with van der Waals surface area (Å²) in [5.41, 5.74) is 0.429. The number of hydrogen-bond acceptors (Lipinski definition) is 8. The number of aromatic nitrogens is 2. The standard InChI is InChI=1S/C19H25N5O4/c1-26-15-5-3-4-14(18(15)27-2)19(25)21-7-6-20-16-12-17(23-13-22-16)24-8-10-28-11-9-24/h3-5,12-13H,6-11H2,1-2H3,(H,21,25)(H,20,22,23). The van der Waals surface area contributed by atoms with Crippen LogP contribution < -0.4 is 25.0 Å². The van der Waals surface area contributed by atoms with Crippen LogP contribution in [0.25, 0.3) is 0 Å². The van der Waals surface area contributed by atoms with Crippen molar-refractivity contribution >= 4 is 17.5 Å². The molecule has 0 spiro atoms. The molecule has 1 aromatic carbocycles. The van der Waals surface area contributed by atoms with Crippen molar-refractivity contribution in [2.24, 2.45) is 0 Å². The maximum absolute atomic E-state index is 12.4. The van der Waals surface area contributed by atoms with E-state index in [1.54, 1.807) is 18.2 Å². The highest BCUT2D eigenvalue weighted by Gasteiger charge is 2.16. The van der Waals surface area contributed by atoms with Crippen LogP contribution in [0.3, 0.4) is 0 Å². The van der Waals surface area contributed by atoms with Crippen LogP contribution in [0.2, 0.25) is 0 Å². The van der Waals surface area contributed by atoms with Gasteiger partial charge in [0.2, 0.25) is 0 Å². The van der Waals surface area contributed by atoms with Gasteiger partial charge in [-0.05, 0) is 12.1 Å². The average molecular weight is 387 g/mol. The first-order valence-corrected chi connectivity index (χ1v) is 9.10. The van der Waals surface area contributed by atoms with Gasteiger partial charge in [-0.25, -0.2) is 9.97 Å². The summed E-state index contributed by atoms with van der Waals surface area (Å²) >= 11 is 0. The van der Waals surface area contributed by atoms with Gasteiger partial charge < -0.3 is 29.7 Å². The molecular weight excluding hydrogens is 362 g/mol. The van der Waals surface area contributed by atoms with Crippen molar-refractivity contribution in [1.29, 1.82) is 0 Å². The predicted octanol–water partition coefficient (Wildman–Crippen LogP) is 1.17. The first-order chi connectivity index (χ1) is 13.7. The number of anilines is 2. The Hall–Kier alpha value is -3.07.